The van der Waals surface area contributed by atoms with E-state index >= 15 is 0 Å². The van der Waals surface area contributed by atoms with Crippen LogP contribution in [0.25, 0.3) is 28.2 Å². The van der Waals surface area contributed by atoms with Gasteiger partial charge >= 0.3 is 0 Å². The summed E-state index contributed by atoms with van der Waals surface area (Å²) in [6.07, 6.45) is 14.8. The fourth-order valence-electron chi connectivity index (χ4n) is 9.47. The van der Waals surface area contributed by atoms with Gasteiger partial charge in [0.15, 0.2) is 0 Å². The molecule has 1 aromatic heterocycles. The van der Waals surface area contributed by atoms with E-state index in [1.165, 1.54) is 86.4 Å². The fraction of sp³-hybridized carbons (Fsp3) is 0.102. The van der Waals surface area contributed by atoms with Crippen LogP contribution in [0, 0.1) is 0 Å². The predicted octanol–water partition coefficient (Wildman–Crippen LogP) is 13.2. The molecule has 2 atom stereocenters. The van der Waals surface area contributed by atoms with Crippen molar-refractivity contribution in [2.45, 2.75) is 50.2 Å². The first-order chi connectivity index (χ1) is 25.8. The van der Waals surface area contributed by atoms with Crippen molar-refractivity contribution in [2.24, 2.45) is 0 Å². The SMILES string of the molecule is C1=CCCC(c2cccc3c2Sc2ccccc2C32c3ccccc3Sc3c(C4CC=Cc5c4c4ccccc4n5-c4ccccc4)cccc32)=C1. The first-order valence-electron chi connectivity index (χ1n) is 18.4. The smallest absolute Gasteiger partial charge is 0.0745 e. The van der Waals surface area contributed by atoms with Crippen LogP contribution >= 0.6 is 23.5 Å². The van der Waals surface area contributed by atoms with Gasteiger partial charge in [-0.05, 0) is 100 Å². The van der Waals surface area contributed by atoms with E-state index in [0.717, 1.165) is 19.3 Å². The third kappa shape index (κ3) is 4.27. The lowest BCUT2D eigenvalue weighted by molar-refractivity contribution is 0.657. The number of rotatable bonds is 3. The van der Waals surface area contributed by atoms with Crippen molar-refractivity contribution in [1.29, 1.82) is 0 Å². The second-order valence-electron chi connectivity index (χ2n) is 14.2. The minimum absolute atomic E-state index is 0.220. The van der Waals surface area contributed by atoms with Crippen molar-refractivity contribution < 1.29 is 0 Å². The summed E-state index contributed by atoms with van der Waals surface area (Å²) < 4.78 is 2.47. The van der Waals surface area contributed by atoms with E-state index in [1.54, 1.807) is 0 Å². The summed E-state index contributed by atoms with van der Waals surface area (Å²) >= 11 is 3.94. The Morgan fingerprint density at radius 2 is 1.27 bits per heavy atom. The molecule has 52 heavy (non-hydrogen) atoms. The predicted molar refractivity (Wildman–Crippen MR) is 218 cm³/mol. The molecule has 248 valence electrons. The summed E-state index contributed by atoms with van der Waals surface area (Å²) in [5.74, 6) is 0.220. The Kier molecular flexibility index (Phi) is 6.97. The maximum absolute atomic E-state index is 2.47. The van der Waals surface area contributed by atoms with Gasteiger partial charge in [-0.3, -0.25) is 0 Å². The van der Waals surface area contributed by atoms with Crippen molar-refractivity contribution in [3.05, 3.63) is 208 Å². The van der Waals surface area contributed by atoms with Gasteiger partial charge in [0.1, 0.15) is 0 Å². The summed E-state index contributed by atoms with van der Waals surface area (Å²) in [5, 5.41) is 1.34. The third-order valence-corrected chi connectivity index (χ3v) is 14.0. The van der Waals surface area contributed by atoms with Crippen LogP contribution in [0.4, 0.5) is 0 Å². The van der Waals surface area contributed by atoms with Crippen LogP contribution in [-0.4, -0.2) is 4.57 Å². The van der Waals surface area contributed by atoms with E-state index in [2.05, 4.69) is 174 Å². The maximum Gasteiger partial charge on any atom is 0.0745 e. The van der Waals surface area contributed by atoms with Gasteiger partial charge in [-0.2, -0.15) is 0 Å². The minimum Gasteiger partial charge on any atom is -0.310 e. The molecule has 0 bridgehead atoms. The summed E-state index contributed by atoms with van der Waals surface area (Å²) in [6.45, 7) is 0. The van der Waals surface area contributed by atoms with Crippen molar-refractivity contribution >= 4 is 46.1 Å². The molecule has 0 saturated carbocycles. The average Bonchev–Trinajstić information content (AvgIpc) is 3.56. The molecule has 2 unspecified atom stereocenters. The van der Waals surface area contributed by atoms with E-state index in [0.29, 0.717) is 0 Å². The molecule has 1 nitrogen and oxygen atoms in total. The molecule has 2 aliphatic carbocycles. The lowest BCUT2D eigenvalue weighted by atomic mass is 9.63. The maximum atomic E-state index is 2.47. The molecule has 4 aliphatic rings. The molecule has 7 aromatic rings. The van der Waals surface area contributed by atoms with Gasteiger partial charge in [0.2, 0.25) is 0 Å². The largest absolute Gasteiger partial charge is 0.310 e. The first kappa shape index (κ1) is 30.4. The van der Waals surface area contributed by atoms with Gasteiger partial charge in [-0.1, -0.05) is 157 Å². The highest BCUT2D eigenvalue weighted by atomic mass is 32.2. The number of hydrogen-bond acceptors (Lipinski definition) is 2. The van der Waals surface area contributed by atoms with Gasteiger partial charge in [0.05, 0.1) is 16.6 Å². The molecule has 3 heterocycles. The zero-order valence-electron chi connectivity index (χ0n) is 28.6. The third-order valence-electron chi connectivity index (χ3n) is 11.6. The van der Waals surface area contributed by atoms with Gasteiger partial charge in [-0.25, -0.2) is 0 Å². The Morgan fingerprint density at radius 3 is 2.06 bits per heavy atom. The lowest BCUT2D eigenvalue weighted by Gasteiger charge is -2.46. The molecule has 3 heteroatoms. The van der Waals surface area contributed by atoms with Crippen LogP contribution < -0.4 is 0 Å². The Hall–Kier alpha value is -5.22. The first-order valence-corrected chi connectivity index (χ1v) is 20.0. The number of aromatic nitrogens is 1. The minimum atomic E-state index is -0.448. The van der Waals surface area contributed by atoms with Gasteiger partial charge < -0.3 is 4.57 Å². The van der Waals surface area contributed by atoms with E-state index < -0.39 is 5.41 Å². The van der Waals surface area contributed by atoms with E-state index in [-0.39, 0.29) is 5.92 Å². The monoisotopic (exact) mass is 701 g/mol. The standard InChI is InChI=1S/C49H35NS2/c1-3-16-32(17-4-1)34-21-13-26-40-47(34)51-44-30-11-8-24-38(44)49(40)39-25-9-12-31-45(39)52-48-36(23-14-27-41(48)49)35-22-15-29-43-46(35)37-20-7-10-28-42(37)50(43)33-18-5-2-6-19-33/h1-3,5-16,18-21,23-31,35H,4,17,22H2. The van der Waals surface area contributed by atoms with Crippen molar-refractivity contribution in [3.63, 3.8) is 0 Å². The van der Waals surface area contributed by atoms with Crippen LogP contribution in [0.3, 0.4) is 0 Å². The number of nitrogens with zero attached hydrogens (tertiary/aromatic N) is 1. The molecule has 2 aliphatic heterocycles. The quantitative estimate of drug-likeness (QED) is 0.181. The molecule has 0 fully saturated rings. The Labute approximate surface area is 313 Å². The molecule has 0 N–H and O–H groups in total. The molecule has 0 radical (unpaired) electrons. The normalized spacial score (nSPS) is 19.4. The molecule has 11 rings (SSSR count). The van der Waals surface area contributed by atoms with Crippen molar-refractivity contribution in [2.75, 3.05) is 0 Å². The van der Waals surface area contributed by atoms with Crippen molar-refractivity contribution in [1.82, 2.24) is 4.57 Å². The highest BCUT2D eigenvalue weighted by Crippen LogP contribution is 2.63. The van der Waals surface area contributed by atoms with E-state index in [1.807, 2.05) is 23.5 Å². The van der Waals surface area contributed by atoms with Gasteiger partial charge in [-0.15, -0.1) is 0 Å². The summed E-state index contributed by atoms with van der Waals surface area (Å²) in [7, 11) is 0. The van der Waals surface area contributed by atoms with Crippen LogP contribution in [0.2, 0.25) is 0 Å². The highest BCUT2D eigenvalue weighted by molar-refractivity contribution is 8.00. The number of hydrogen-bond donors (Lipinski definition) is 0. The second kappa shape index (κ2) is 11.9. The topological polar surface area (TPSA) is 4.93 Å². The highest BCUT2D eigenvalue weighted by Gasteiger charge is 2.50. The van der Waals surface area contributed by atoms with Crippen molar-refractivity contribution in [3.8, 4) is 5.69 Å². The number of para-hydroxylation sites is 2. The second-order valence-corrected chi connectivity index (χ2v) is 16.3. The van der Waals surface area contributed by atoms with Crippen LogP contribution in [0.1, 0.15) is 69.8 Å². The lowest BCUT2D eigenvalue weighted by Crippen LogP contribution is -2.37. The Balaban J connectivity index is 1.21. The fourth-order valence-corrected chi connectivity index (χ4v) is 12.2. The van der Waals surface area contributed by atoms with Crippen LogP contribution in [-0.2, 0) is 5.41 Å². The number of fused-ring (bicyclic) bond motifs is 11. The Morgan fingerprint density at radius 1 is 0.596 bits per heavy atom. The summed E-state index contributed by atoms with van der Waals surface area (Å²) in [6, 6.07) is 52.6. The van der Waals surface area contributed by atoms with Gasteiger partial charge in [0.25, 0.3) is 0 Å². The molecular weight excluding hydrogens is 667 g/mol. The molecular formula is C49H35NS2. The summed E-state index contributed by atoms with van der Waals surface area (Å²) in [5.41, 5.74) is 14.6. The molecule has 6 aromatic carbocycles. The molecule has 0 saturated heterocycles. The molecule has 1 spiro atoms. The number of allylic oxidation sites excluding steroid dienone is 5. The molecule has 0 amide bonds. The Bertz CT molecular complexity index is 2660. The zero-order chi connectivity index (χ0) is 34.2. The van der Waals surface area contributed by atoms with E-state index in [4.69, 9.17) is 0 Å². The number of benzene rings is 6. The van der Waals surface area contributed by atoms with Crippen LogP contribution in [0.15, 0.2) is 183 Å². The zero-order valence-corrected chi connectivity index (χ0v) is 30.3. The van der Waals surface area contributed by atoms with Gasteiger partial charge in [0, 0.05) is 36.6 Å². The average molecular weight is 702 g/mol. The van der Waals surface area contributed by atoms with Crippen LogP contribution in [0.5, 0.6) is 0 Å². The van der Waals surface area contributed by atoms with E-state index in [9.17, 15) is 0 Å². The summed E-state index contributed by atoms with van der Waals surface area (Å²) in [4.78, 5) is 5.50.